The van der Waals surface area contributed by atoms with Gasteiger partial charge < -0.3 is 10.4 Å². The summed E-state index contributed by atoms with van der Waals surface area (Å²) < 4.78 is 42.8. The molecule has 1 unspecified atom stereocenters. The van der Waals surface area contributed by atoms with Crippen molar-refractivity contribution in [1.29, 1.82) is 0 Å². The number of hydrogen-bond donors (Lipinski definition) is 2. The first-order chi connectivity index (χ1) is 19.7. The molecule has 1 aliphatic carbocycles. The van der Waals surface area contributed by atoms with Gasteiger partial charge in [0, 0.05) is 17.8 Å². The molecule has 4 rings (SSSR count). The zero-order valence-corrected chi connectivity index (χ0v) is 24.0. The molecule has 0 saturated carbocycles. The van der Waals surface area contributed by atoms with Crippen LogP contribution in [0.5, 0.6) is 0 Å². The average molecular weight is 568 g/mol. The molecule has 5 nitrogen and oxygen atoms in total. The van der Waals surface area contributed by atoms with Crippen molar-refractivity contribution in [2.24, 2.45) is 5.92 Å². The number of aromatic nitrogens is 2. The number of unbranched alkanes of at least 4 members (excludes halogenated alkanes) is 1. The minimum Gasteiger partial charge on any atom is -0.390 e. The highest BCUT2D eigenvalue weighted by Crippen LogP contribution is 2.24. The summed E-state index contributed by atoms with van der Waals surface area (Å²) in [5.74, 6) is -1.74. The summed E-state index contributed by atoms with van der Waals surface area (Å²) in [6.45, 7) is 9.23. The number of halogens is 3. The summed E-state index contributed by atoms with van der Waals surface area (Å²) in [5.41, 5.74) is 2.72. The molecule has 220 valence electrons. The van der Waals surface area contributed by atoms with Crippen LogP contribution >= 0.6 is 0 Å². The maximum Gasteiger partial charge on any atom is 0.272 e. The fraction of sp³-hybridized carbons (Fsp3) is 0.394. The van der Waals surface area contributed by atoms with Gasteiger partial charge in [-0.3, -0.25) is 4.79 Å². The molecule has 0 bridgehead atoms. The quantitative estimate of drug-likeness (QED) is 0.189. The molecular formula is C33H40F3N3O2. The lowest BCUT2D eigenvalue weighted by Gasteiger charge is -2.18. The first-order valence-electron chi connectivity index (χ1n) is 14.2. The number of nitrogens with zero attached hydrogens (tertiary/aromatic N) is 2. The highest BCUT2D eigenvalue weighted by Gasteiger charge is 2.29. The van der Waals surface area contributed by atoms with Crippen LogP contribution in [-0.4, -0.2) is 32.9 Å². The molecule has 2 aromatic carbocycles. The summed E-state index contributed by atoms with van der Waals surface area (Å²) in [6.07, 6.45) is 9.97. The normalized spacial score (nSPS) is 16.9. The molecule has 8 heteroatoms. The molecule has 0 radical (unpaired) electrons. The maximum atomic E-state index is 14.5. The van der Waals surface area contributed by atoms with Crippen LogP contribution in [0.4, 0.5) is 13.2 Å². The van der Waals surface area contributed by atoms with Crippen molar-refractivity contribution in [3.8, 4) is 5.69 Å². The van der Waals surface area contributed by atoms with Crippen LogP contribution in [-0.2, 0) is 12.8 Å². The number of carbonyl (C=O) groups excluding carboxylic acids is 1. The molecule has 0 spiro atoms. The Balaban J connectivity index is 0.00000147. The monoisotopic (exact) mass is 567 g/mol. The van der Waals surface area contributed by atoms with E-state index in [2.05, 4.69) is 23.9 Å². The predicted octanol–water partition coefficient (Wildman–Crippen LogP) is 7.27. The predicted molar refractivity (Wildman–Crippen MR) is 156 cm³/mol. The fourth-order valence-electron chi connectivity index (χ4n) is 5.06. The SMILES string of the molecule is C=CC.CCC(CCCCc1cn(-c2ccc(F)cc2F)nc1C(=O)N[C@@H]1C(C)=CC[C@@H]1O)Cc1cccc(F)c1. The van der Waals surface area contributed by atoms with Crippen molar-refractivity contribution in [3.05, 3.63) is 107 Å². The van der Waals surface area contributed by atoms with E-state index in [9.17, 15) is 23.1 Å². The Morgan fingerprint density at radius 3 is 2.56 bits per heavy atom. The van der Waals surface area contributed by atoms with Crippen molar-refractivity contribution in [2.75, 3.05) is 0 Å². The van der Waals surface area contributed by atoms with Crippen molar-refractivity contribution in [3.63, 3.8) is 0 Å². The largest absolute Gasteiger partial charge is 0.390 e. The molecule has 41 heavy (non-hydrogen) atoms. The fourth-order valence-corrected chi connectivity index (χ4v) is 5.06. The third-order valence-corrected chi connectivity index (χ3v) is 7.30. The first-order valence-corrected chi connectivity index (χ1v) is 14.2. The number of aryl methyl sites for hydroxylation is 1. The number of aliphatic hydroxyl groups is 1. The van der Waals surface area contributed by atoms with Crippen LogP contribution in [0.15, 0.2) is 73.0 Å². The molecular weight excluding hydrogens is 527 g/mol. The third-order valence-electron chi connectivity index (χ3n) is 7.30. The highest BCUT2D eigenvalue weighted by atomic mass is 19.1. The molecule has 3 aromatic rings. The Morgan fingerprint density at radius 2 is 1.93 bits per heavy atom. The number of allylic oxidation sites excluding steroid dienone is 1. The van der Waals surface area contributed by atoms with E-state index in [1.165, 1.54) is 16.8 Å². The second-order valence-electron chi connectivity index (χ2n) is 10.5. The lowest BCUT2D eigenvalue weighted by atomic mass is 9.91. The van der Waals surface area contributed by atoms with Gasteiger partial charge in [0.15, 0.2) is 11.5 Å². The third kappa shape index (κ3) is 8.92. The summed E-state index contributed by atoms with van der Waals surface area (Å²) >= 11 is 0. The lowest BCUT2D eigenvalue weighted by molar-refractivity contribution is 0.0877. The van der Waals surface area contributed by atoms with E-state index in [-0.39, 0.29) is 17.2 Å². The summed E-state index contributed by atoms with van der Waals surface area (Å²) in [6, 6.07) is 9.40. The Kier molecular flexibility index (Phi) is 12.0. The van der Waals surface area contributed by atoms with E-state index in [1.807, 2.05) is 26.0 Å². The summed E-state index contributed by atoms with van der Waals surface area (Å²) in [7, 11) is 0. The standard InChI is InChI=1S/C30H34F3N3O2.C3H6/c1-3-20(15-21-8-6-10-23(31)16-21)7-4-5-9-22-18-36(26-13-12-24(32)17-25(26)33)35-29(22)30(38)34-28-19(2)11-14-27(28)37;1-3-2/h6,8,10-13,16-18,20,27-28,37H,3-5,7,9,14-15H2,1-2H3,(H,34,38);3H,1H2,2H3/t20?,27-,28+;/m0./s1. The van der Waals surface area contributed by atoms with E-state index in [1.54, 1.807) is 24.4 Å². The minimum absolute atomic E-state index is 0.0461. The van der Waals surface area contributed by atoms with E-state index >= 15 is 0 Å². The summed E-state index contributed by atoms with van der Waals surface area (Å²) in [5, 5.41) is 17.5. The number of benzene rings is 2. The van der Waals surface area contributed by atoms with Crippen LogP contribution in [0.2, 0.25) is 0 Å². The maximum absolute atomic E-state index is 14.5. The smallest absolute Gasteiger partial charge is 0.272 e. The van der Waals surface area contributed by atoms with Gasteiger partial charge in [0.2, 0.25) is 0 Å². The van der Waals surface area contributed by atoms with Gasteiger partial charge in [-0.25, -0.2) is 17.9 Å². The van der Waals surface area contributed by atoms with E-state index in [0.717, 1.165) is 55.4 Å². The Labute approximate surface area is 240 Å². The van der Waals surface area contributed by atoms with Gasteiger partial charge in [0.25, 0.3) is 5.91 Å². The molecule has 1 amide bonds. The van der Waals surface area contributed by atoms with Gasteiger partial charge in [-0.05, 0) is 75.3 Å². The van der Waals surface area contributed by atoms with Gasteiger partial charge in [-0.2, -0.15) is 5.10 Å². The van der Waals surface area contributed by atoms with E-state index < -0.39 is 29.7 Å². The van der Waals surface area contributed by atoms with Crippen molar-refractivity contribution in [1.82, 2.24) is 15.1 Å². The number of carbonyl (C=O) groups is 1. The number of rotatable bonds is 11. The van der Waals surface area contributed by atoms with Crippen LogP contribution in [0.1, 0.15) is 74.5 Å². The Hall–Kier alpha value is -3.65. The van der Waals surface area contributed by atoms with Crippen LogP contribution in [0.3, 0.4) is 0 Å². The highest BCUT2D eigenvalue weighted by molar-refractivity contribution is 5.94. The molecule has 1 aliphatic rings. The second kappa shape index (κ2) is 15.4. The molecule has 2 N–H and O–H groups in total. The molecule has 3 atom stereocenters. The topological polar surface area (TPSA) is 67.2 Å². The summed E-state index contributed by atoms with van der Waals surface area (Å²) in [4.78, 5) is 13.2. The van der Waals surface area contributed by atoms with Crippen LogP contribution in [0, 0.1) is 23.4 Å². The van der Waals surface area contributed by atoms with Gasteiger partial charge in [-0.15, -0.1) is 6.58 Å². The molecule has 0 saturated heterocycles. The Morgan fingerprint density at radius 1 is 1.20 bits per heavy atom. The lowest BCUT2D eigenvalue weighted by Crippen LogP contribution is -2.42. The van der Waals surface area contributed by atoms with Crippen molar-refractivity contribution >= 4 is 5.91 Å². The van der Waals surface area contributed by atoms with Gasteiger partial charge in [-0.1, -0.05) is 56.0 Å². The zero-order valence-electron chi connectivity index (χ0n) is 24.0. The van der Waals surface area contributed by atoms with Crippen molar-refractivity contribution in [2.45, 2.75) is 77.9 Å². The number of aliphatic hydroxyl groups excluding tert-OH is 1. The van der Waals surface area contributed by atoms with E-state index in [4.69, 9.17) is 0 Å². The molecule has 1 aromatic heterocycles. The van der Waals surface area contributed by atoms with Gasteiger partial charge in [0.05, 0.1) is 12.1 Å². The molecule has 0 fully saturated rings. The zero-order chi connectivity index (χ0) is 29.9. The van der Waals surface area contributed by atoms with Gasteiger partial charge >= 0.3 is 0 Å². The van der Waals surface area contributed by atoms with Gasteiger partial charge in [0.1, 0.15) is 17.3 Å². The van der Waals surface area contributed by atoms with Crippen LogP contribution < -0.4 is 5.32 Å². The van der Waals surface area contributed by atoms with Crippen LogP contribution in [0.25, 0.3) is 5.69 Å². The van der Waals surface area contributed by atoms with Crippen molar-refractivity contribution < 1.29 is 23.1 Å². The second-order valence-corrected chi connectivity index (χ2v) is 10.5. The number of hydrogen-bond acceptors (Lipinski definition) is 3. The Bertz CT molecular complexity index is 1350. The average Bonchev–Trinajstić information content (AvgIpc) is 3.49. The number of nitrogens with one attached hydrogen (secondary N) is 1. The number of amides is 1. The molecule has 1 heterocycles. The molecule has 0 aliphatic heterocycles. The minimum atomic E-state index is -0.779. The van der Waals surface area contributed by atoms with E-state index in [0.29, 0.717) is 24.3 Å². The first kappa shape index (κ1) is 31.9.